The Morgan fingerprint density at radius 3 is 2.06 bits per heavy atom. The van der Waals surface area contributed by atoms with E-state index < -0.39 is 17.2 Å². The Morgan fingerprint density at radius 2 is 1.71 bits per heavy atom. The summed E-state index contributed by atoms with van der Waals surface area (Å²) in [6.45, 7) is 9.58. The molecule has 4 nitrogen and oxygen atoms in total. The molecule has 1 N–H and O–H groups in total. The quantitative estimate of drug-likeness (QED) is 0.499. The van der Waals surface area contributed by atoms with E-state index in [4.69, 9.17) is 9.78 Å². The molecule has 17 heavy (non-hydrogen) atoms. The number of carbonyl (C=O) groups is 1. The van der Waals surface area contributed by atoms with Crippen LogP contribution in [0.5, 0.6) is 0 Å². The number of carboxylic acids is 1. The van der Waals surface area contributed by atoms with Crippen molar-refractivity contribution in [3.05, 3.63) is 0 Å². The molecule has 0 fully saturated rings. The third kappa shape index (κ3) is 5.04. The zero-order chi connectivity index (χ0) is 13.5. The summed E-state index contributed by atoms with van der Waals surface area (Å²) in [6.07, 6.45) is 3.41. The summed E-state index contributed by atoms with van der Waals surface area (Å²) in [7, 11) is 0. The Hall–Kier alpha value is -0.610. The largest absolute Gasteiger partial charge is 0.479 e. The summed E-state index contributed by atoms with van der Waals surface area (Å²) in [4.78, 5) is 22.0. The van der Waals surface area contributed by atoms with Crippen LogP contribution in [0.25, 0.3) is 0 Å². The molecule has 0 amide bonds. The van der Waals surface area contributed by atoms with E-state index in [-0.39, 0.29) is 0 Å². The molecule has 0 aliphatic carbocycles. The lowest BCUT2D eigenvalue weighted by Crippen LogP contribution is -2.43. The highest BCUT2D eigenvalue weighted by molar-refractivity contribution is 5.77. The fourth-order valence-corrected chi connectivity index (χ4v) is 1.28. The molecule has 0 aliphatic heterocycles. The molecule has 0 aromatic heterocycles. The highest BCUT2D eigenvalue weighted by Gasteiger charge is 2.40. The first-order valence-electron chi connectivity index (χ1n) is 6.43. The molecule has 102 valence electrons. The van der Waals surface area contributed by atoms with E-state index in [1.54, 1.807) is 0 Å². The van der Waals surface area contributed by atoms with E-state index in [0.717, 1.165) is 19.3 Å². The summed E-state index contributed by atoms with van der Waals surface area (Å²) < 4.78 is 0. The van der Waals surface area contributed by atoms with Crippen molar-refractivity contribution in [1.82, 2.24) is 0 Å². The van der Waals surface area contributed by atoms with Gasteiger partial charge in [-0.3, -0.25) is 0 Å². The molecule has 0 aliphatic rings. The van der Waals surface area contributed by atoms with Gasteiger partial charge in [0.15, 0.2) is 5.60 Å². The van der Waals surface area contributed by atoms with E-state index >= 15 is 0 Å². The van der Waals surface area contributed by atoms with E-state index in [9.17, 15) is 9.90 Å². The second-order valence-corrected chi connectivity index (χ2v) is 5.04. The summed E-state index contributed by atoms with van der Waals surface area (Å²) in [5.41, 5.74) is -1.66. The summed E-state index contributed by atoms with van der Waals surface area (Å²) in [5.74, 6) is -0.944. The smallest absolute Gasteiger partial charge is 0.339 e. The number of rotatable bonds is 9. The molecule has 4 heteroatoms. The van der Waals surface area contributed by atoms with Crippen molar-refractivity contribution in [2.24, 2.45) is 0 Å². The van der Waals surface area contributed by atoms with Crippen LogP contribution < -0.4 is 0 Å². The first-order valence-corrected chi connectivity index (χ1v) is 6.43. The monoisotopic (exact) mass is 246 g/mol. The van der Waals surface area contributed by atoms with Crippen molar-refractivity contribution >= 4 is 5.97 Å². The lowest BCUT2D eigenvalue weighted by atomic mass is 9.94. The second-order valence-electron chi connectivity index (χ2n) is 5.04. The van der Waals surface area contributed by atoms with Gasteiger partial charge < -0.3 is 5.11 Å². The predicted octanol–water partition coefficient (Wildman–Crippen LogP) is 3.55. The molecule has 0 rings (SSSR count). The SMILES string of the molecule is CCCCC(CC)(OOC(C)(C)CC)C(=O)O. The van der Waals surface area contributed by atoms with Crippen LogP contribution >= 0.6 is 0 Å². The Bertz CT molecular complexity index is 238. The normalized spacial score (nSPS) is 15.6. The first-order chi connectivity index (χ1) is 7.83. The molecule has 0 radical (unpaired) electrons. The lowest BCUT2D eigenvalue weighted by molar-refractivity contribution is -0.402. The fourth-order valence-electron chi connectivity index (χ4n) is 1.28. The van der Waals surface area contributed by atoms with Gasteiger partial charge in [0.05, 0.1) is 5.60 Å². The molecule has 0 bridgehead atoms. The Labute approximate surface area is 104 Å². The zero-order valence-electron chi connectivity index (χ0n) is 11.7. The maximum Gasteiger partial charge on any atom is 0.339 e. The average molecular weight is 246 g/mol. The van der Waals surface area contributed by atoms with Gasteiger partial charge in [-0.1, -0.05) is 33.6 Å². The molecule has 0 saturated heterocycles. The van der Waals surface area contributed by atoms with Gasteiger partial charge in [-0.25, -0.2) is 14.6 Å². The van der Waals surface area contributed by atoms with Crippen LogP contribution in [0.1, 0.15) is 66.7 Å². The molecule has 0 heterocycles. The molecular formula is C13H26O4. The van der Waals surface area contributed by atoms with Crippen LogP contribution in [0.2, 0.25) is 0 Å². The number of unbranched alkanes of at least 4 members (excludes halogenated alkanes) is 1. The standard InChI is InChI=1S/C13H26O4/c1-6-9-10-13(8-3,11(14)15)17-16-12(4,5)7-2/h6-10H2,1-5H3,(H,14,15). The first kappa shape index (κ1) is 16.4. The predicted molar refractivity (Wildman–Crippen MR) is 66.7 cm³/mol. The number of hydrogen-bond donors (Lipinski definition) is 1. The number of aliphatic carboxylic acids is 1. The van der Waals surface area contributed by atoms with Gasteiger partial charge in [0, 0.05) is 0 Å². The molecular weight excluding hydrogens is 220 g/mol. The number of hydrogen-bond acceptors (Lipinski definition) is 3. The topological polar surface area (TPSA) is 55.8 Å². The van der Waals surface area contributed by atoms with Crippen LogP contribution in [-0.4, -0.2) is 22.3 Å². The molecule has 0 aromatic carbocycles. The van der Waals surface area contributed by atoms with Crippen molar-refractivity contribution in [3.8, 4) is 0 Å². The second kappa shape index (κ2) is 6.97. The Balaban J connectivity index is 4.63. The van der Waals surface area contributed by atoms with Crippen molar-refractivity contribution < 1.29 is 19.7 Å². The highest BCUT2D eigenvalue weighted by atomic mass is 17.2. The van der Waals surface area contributed by atoms with Crippen LogP contribution in [0.3, 0.4) is 0 Å². The fraction of sp³-hybridized carbons (Fsp3) is 0.923. The molecule has 1 atom stereocenters. The summed E-state index contributed by atoms with van der Waals surface area (Å²) in [5, 5.41) is 9.31. The molecule has 1 unspecified atom stereocenters. The number of carboxylic acid groups (broad SMARTS) is 1. The minimum absolute atomic E-state index is 0.405. The average Bonchev–Trinajstić information content (AvgIpc) is 2.29. The van der Waals surface area contributed by atoms with Gasteiger partial charge in [0.25, 0.3) is 0 Å². The third-order valence-electron chi connectivity index (χ3n) is 3.17. The van der Waals surface area contributed by atoms with Crippen LogP contribution in [0, 0.1) is 0 Å². The van der Waals surface area contributed by atoms with Crippen LogP contribution in [0.15, 0.2) is 0 Å². The zero-order valence-corrected chi connectivity index (χ0v) is 11.7. The summed E-state index contributed by atoms with van der Waals surface area (Å²) in [6, 6.07) is 0. The Morgan fingerprint density at radius 1 is 1.12 bits per heavy atom. The maximum absolute atomic E-state index is 11.4. The van der Waals surface area contributed by atoms with Crippen LogP contribution in [-0.2, 0) is 14.6 Å². The van der Waals surface area contributed by atoms with Crippen molar-refractivity contribution in [1.29, 1.82) is 0 Å². The van der Waals surface area contributed by atoms with Gasteiger partial charge >= 0.3 is 5.97 Å². The van der Waals surface area contributed by atoms with Gasteiger partial charge in [0.1, 0.15) is 0 Å². The van der Waals surface area contributed by atoms with Crippen LogP contribution in [0.4, 0.5) is 0 Å². The van der Waals surface area contributed by atoms with Gasteiger partial charge in [-0.15, -0.1) is 0 Å². The van der Waals surface area contributed by atoms with E-state index in [0.29, 0.717) is 12.8 Å². The molecule has 0 spiro atoms. The summed E-state index contributed by atoms with van der Waals surface area (Å²) >= 11 is 0. The minimum atomic E-state index is -1.21. The van der Waals surface area contributed by atoms with Gasteiger partial charge in [0.2, 0.25) is 0 Å². The van der Waals surface area contributed by atoms with Crippen molar-refractivity contribution in [2.45, 2.75) is 77.9 Å². The van der Waals surface area contributed by atoms with Gasteiger partial charge in [-0.2, -0.15) is 0 Å². The van der Waals surface area contributed by atoms with Crippen molar-refractivity contribution in [3.63, 3.8) is 0 Å². The molecule has 0 saturated carbocycles. The van der Waals surface area contributed by atoms with E-state index in [1.165, 1.54) is 0 Å². The van der Waals surface area contributed by atoms with Gasteiger partial charge in [-0.05, 0) is 33.1 Å². The minimum Gasteiger partial charge on any atom is -0.479 e. The van der Waals surface area contributed by atoms with E-state index in [1.807, 2.05) is 34.6 Å². The lowest BCUT2D eigenvalue weighted by Gasteiger charge is -2.31. The maximum atomic E-state index is 11.4. The molecule has 0 aromatic rings. The Kier molecular flexibility index (Phi) is 6.72. The van der Waals surface area contributed by atoms with Crippen molar-refractivity contribution in [2.75, 3.05) is 0 Å². The third-order valence-corrected chi connectivity index (χ3v) is 3.17. The van der Waals surface area contributed by atoms with E-state index in [2.05, 4.69) is 0 Å². The highest BCUT2D eigenvalue weighted by Crippen LogP contribution is 2.27.